The van der Waals surface area contributed by atoms with Crippen molar-refractivity contribution in [1.29, 1.82) is 0 Å². The predicted molar refractivity (Wildman–Crippen MR) is 92.5 cm³/mol. The van der Waals surface area contributed by atoms with E-state index < -0.39 is 8.38 Å². The third kappa shape index (κ3) is 4.89. The first-order valence-electron chi connectivity index (χ1n) is 7.61. The molecule has 0 saturated carbocycles. The van der Waals surface area contributed by atoms with Gasteiger partial charge in [0, 0.05) is 0 Å². The van der Waals surface area contributed by atoms with Crippen LogP contribution in [0.25, 0.3) is 0 Å². The molecule has 2 rings (SSSR count). The van der Waals surface area contributed by atoms with Crippen LogP contribution in [0, 0.1) is 5.92 Å². The van der Waals surface area contributed by atoms with Crippen LogP contribution in [-0.4, -0.2) is 15.6 Å². The summed E-state index contributed by atoms with van der Waals surface area (Å²) >= 11 is 0. The predicted octanol–water partition coefficient (Wildman–Crippen LogP) is 4.03. The zero-order valence-corrected chi connectivity index (χ0v) is 13.9. The molecule has 4 heteroatoms. The highest BCUT2D eigenvalue weighted by molar-refractivity contribution is 7.45. The lowest BCUT2D eigenvalue weighted by atomic mass is 9.98. The van der Waals surface area contributed by atoms with Gasteiger partial charge in [-0.2, -0.15) is 0 Å². The van der Waals surface area contributed by atoms with Gasteiger partial charge in [0.1, 0.15) is 0 Å². The Labute approximate surface area is 133 Å². The van der Waals surface area contributed by atoms with E-state index in [1.807, 2.05) is 36.4 Å². The number of rotatable bonds is 7. The molecule has 22 heavy (non-hydrogen) atoms. The molecule has 118 valence electrons. The second-order valence-corrected chi connectivity index (χ2v) is 7.15. The zero-order chi connectivity index (χ0) is 15.9. The van der Waals surface area contributed by atoms with Gasteiger partial charge in [-0.05, 0) is 23.5 Å². The molecule has 3 N–H and O–H groups in total. The van der Waals surface area contributed by atoms with Crippen molar-refractivity contribution in [3.8, 4) is 0 Å². The molecule has 0 bridgehead atoms. The summed E-state index contributed by atoms with van der Waals surface area (Å²) in [7, 11) is -2.02. The fraction of sp³-hybridized carbons (Fsp3) is 0.333. The van der Waals surface area contributed by atoms with Gasteiger partial charge >= 0.3 is 0 Å². The zero-order valence-electron chi connectivity index (χ0n) is 13.1. The lowest BCUT2D eigenvalue weighted by molar-refractivity contribution is 0.400. The molecule has 1 unspecified atom stereocenters. The first-order valence-corrected chi connectivity index (χ1v) is 8.92. The molecule has 0 aliphatic rings. The molecule has 0 heterocycles. The molecule has 0 aromatic heterocycles. The van der Waals surface area contributed by atoms with Crippen LogP contribution in [0.3, 0.4) is 0 Å². The van der Waals surface area contributed by atoms with Crippen LogP contribution in [0.2, 0.25) is 0 Å². The summed E-state index contributed by atoms with van der Waals surface area (Å²) < 4.78 is 0. The van der Waals surface area contributed by atoms with Crippen LogP contribution in [0.15, 0.2) is 60.7 Å². The van der Waals surface area contributed by atoms with Crippen molar-refractivity contribution in [2.45, 2.75) is 32.1 Å². The van der Waals surface area contributed by atoms with Gasteiger partial charge in [0.2, 0.25) is 0 Å². The van der Waals surface area contributed by atoms with E-state index in [1.165, 1.54) is 0 Å². The fourth-order valence-corrected chi connectivity index (χ4v) is 3.44. The molecule has 0 amide bonds. The maximum atomic E-state index is 9.76. The largest absolute Gasteiger partial charge is 0.349 e. The second-order valence-electron chi connectivity index (χ2n) is 5.89. The van der Waals surface area contributed by atoms with Crippen molar-refractivity contribution in [3.05, 3.63) is 71.8 Å². The van der Waals surface area contributed by atoms with Crippen LogP contribution in [0.4, 0.5) is 0 Å². The molecule has 0 fully saturated rings. The maximum absolute atomic E-state index is 9.76. The van der Waals surface area contributed by atoms with E-state index in [-0.39, 0.29) is 11.8 Å². The Kier molecular flexibility index (Phi) is 6.53. The first kappa shape index (κ1) is 17.1. The summed E-state index contributed by atoms with van der Waals surface area (Å²) in [6, 6.07) is 20.2. The summed E-state index contributed by atoms with van der Waals surface area (Å²) in [6.45, 7) is 4.18. The van der Waals surface area contributed by atoms with Gasteiger partial charge in [-0.3, -0.25) is 5.32 Å². The van der Waals surface area contributed by atoms with Crippen molar-refractivity contribution in [3.63, 3.8) is 0 Å². The molecule has 2 aromatic rings. The van der Waals surface area contributed by atoms with Crippen molar-refractivity contribution in [2.75, 3.05) is 0 Å². The van der Waals surface area contributed by atoms with E-state index in [0.29, 0.717) is 5.92 Å². The van der Waals surface area contributed by atoms with Gasteiger partial charge in [0.15, 0.2) is 8.38 Å². The number of hydrogen-bond donors (Lipinski definition) is 3. The van der Waals surface area contributed by atoms with Crippen molar-refractivity contribution in [1.82, 2.24) is 5.32 Å². The SMILES string of the molecule is CC(C)CC(NC(c1ccccc1)c1ccccc1)P(O)O. The molecular weight excluding hydrogens is 293 g/mol. The van der Waals surface area contributed by atoms with Crippen molar-refractivity contribution >= 4 is 8.38 Å². The Balaban J connectivity index is 2.28. The van der Waals surface area contributed by atoms with E-state index in [9.17, 15) is 9.79 Å². The minimum Gasteiger partial charge on any atom is -0.349 e. The van der Waals surface area contributed by atoms with Gasteiger partial charge in [0.05, 0.1) is 11.8 Å². The van der Waals surface area contributed by atoms with Gasteiger partial charge < -0.3 is 9.79 Å². The van der Waals surface area contributed by atoms with Crippen LogP contribution in [-0.2, 0) is 0 Å². The normalized spacial score (nSPS) is 13.0. The highest BCUT2D eigenvalue weighted by atomic mass is 31.2. The summed E-state index contributed by atoms with van der Waals surface area (Å²) in [5.74, 6) is 0.0920. The molecule has 2 aromatic carbocycles. The lowest BCUT2D eigenvalue weighted by Crippen LogP contribution is -2.33. The molecule has 0 aliphatic carbocycles. The molecule has 0 aliphatic heterocycles. The standard InChI is InChI=1S/C18H24NO2P/c1-14(2)13-17(22(20)21)19-18(15-9-5-3-6-10-15)16-11-7-4-8-12-16/h3-12,14,17-21H,13H2,1-2H3. The second kappa shape index (κ2) is 8.40. The van der Waals surface area contributed by atoms with Crippen molar-refractivity contribution in [2.24, 2.45) is 5.92 Å². The Morgan fingerprint density at radius 2 is 1.32 bits per heavy atom. The average molecular weight is 317 g/mol. The Morgan fingerprint density at radius 3 is 1.68 bits per heavy atom. The minimum absolute atomic E-state index is 0.0459. The van der Waals surface area contributed by atoms with E-state index in [4.69, 9.17) is 0 Å². The number of hydrogen-bond acceptors (Lipinski definition) is 3. The van der Waals surface area contributed by atoms with Gasteiger partial charge in [-0.1, -0.05) is 74.5 Å². The smallest absolute Gasteiger partial charge is 0.183 e. The minimum atomic E-state index is -2.02. The quantitative estimate of drug-likeness (QED) is 0.676. The number of nitrogens with one attached hydrogen (secondary N) is 1. The fourth-order valence-electron chi connectivity index (χ4n) is 2.54. The summed E-state index contributed by atoms with van der Waals surface area (Å²) in [4.78, 5) is 19.5. The van der Waals surface area contributed by atoms with Crippen molar-refractivity contribution < 1.29 is 9.79 Å². The molecule has 0 spiro atoms. The van der Waals surface area contributed by atoms with Gasteiger partial charge in [-0.25, -0.2) is 0 Å². The first-order chi connectivity index (χ1) is 10.6. The molecular formula is C18H24NO2P. The topological polar surface area (TPSA) is 52.5 Å². The van der Waals surface area contributed by atoms with Crippen LogP contribution < -0.4 is 5.32 Å². The van der Waals surface area contributed by atoms with Crippen LogP contribution >= 0.6 is 8.38 Å². The van der Waals surface area contributed by atoms with E-state index in [0.717, 1.165) is 17.5 Å². The molecule has 1 atom stereocenters. The number of benzene rings is 2. The maximum Gasteiger partial charge on any atom is 0.183 e. The molecule has 0 saturated heterocycles. The lowest BCUT2D eigenvalue weighted by Gasteiger charge is -2.28. The molecule has 3 nitrogen and oxygen atoms in total. The van der Waals surface area contributed by atoms with E-state index in [1.54, 1.807) is 0 Å². The van der Waals surface area contributed by atoms with E-state index in [2.05, 4.69) is 43.4 Å². The molecule has 0 radical (unpaired) electrons. The van der Waals surface area contributed by atoms with Gasteiger partial charge in [0.25, 0.3) is 0 Å². The Hall–Kier alpha value is -1.25. The third-order valence-corrected chi connectivity index (χ3v) is 4.52. The summed E-state index contributed by atoms with van der Waals surface area (Å²) in [5.41, 5.74) is 2.25. The average Bonchev–Trinajstić information content (AvgIpc) is 2.52. The monoisotopic (exact) mass is 317 g/mol. The third-order valence-electron chi connectivity index (χ3n) is 3.60. The Morgan fingerprint density at radius 1 is 0.864 bits per heavy atom. The van der Waals surface area contributed by atoms with Crippen LogP contribution in [0.5, 0.6) is 0 Å². The summed E-state index contributed by atoms with van der Waals surface area (Å²) in [6.07, 6.45) is 0.731. The highest BCUT2D eigenvalue weighted by Crippen LogP contribution is 2.36. The Bertz CT molecular complexity index is 506. The van der Waals surface area contributed by atoms with Gasteiger partial charge in [-0.15, -0.1) is 0 Å². The van der Waals surface area contributed by atoms with E-state index >= 15 is 0 Å². The summed E-state index contributed by atoms with van der Waals surface area (Å²) in [5, 5.41) is 3.45. The highest BCUT2D eigenvalue weighted by Gasteiger charge is 2.24. The van der Waals surface area contributed by atoms with Crippen LogP contribution in [0.1, 0.15) is 37.4 Å².